The maximum atomic E-state index is 10.1. The summed E-state index contributed by atoms with van der Waals surface area (Å²) in [6, 6.07) is 3.47. The molecule has 1 aliphatic rings. The molecule has 0 aromatic heterocycles. The number of benzene rings is 1. The maximum absolute atomic E-state index is 10.1. The fourth-order valence-corrected chi connectivity index (χ4v) is 6.17. The van der Waals surface area contributed by atoms with Crippen molar-refractivity contribution >= 4 is 6.08 Å². The molecule has 2 rings (SSSR count). The number of hydrogen-bond donors (Lipinski definition) is 1. The summed E-state index contributed by atoms with van der Waals surface area (Å²) >= 11 is 0. The van der Waals surface area contributed by atoms with E-state index < -0.39 is 0 Å². The molecule has 1 aliphatic heterocycles. The number of rotatable bonds is 22. The Labute approximate surface area is 307 Å². The number of fused-ring (bicyclic) bond motifs is 1. The number of phenols is 1. The first-order valence-electron chi connectivity index (χ1n) is 19.2. The Kier molecular flexibility index (Phi) is 19.7. The largest absolute Gasteiger partial charge is 0.504 e. The second-order valence-corrected chi connectivity index (χ2v) is 15.2. The first-order valence-corrected chi connectivity index (χ1v) is 19.2. The molecule has 0 unspecified atom stereocenters. The summed E-state index contributed by atoms with van der Waals surface area (Å²) in [7, 11) is 1.56. The molecule has 1 aromatic carbocycles. The molecule has 0 fully saturated rings. The molecule has 0 saturated carbocycles. The standard InChI is InChI=1S/C47H70O3/c1-36(2)18-11-19-37(3)20-12-21-38(4)22-13-23-39(5)24-14-25-40(6)26-15-27-41(7)28-16-29-42(8)30-17-32-47(9)33-31-43-34-44(48)46(49-10)35-45(43)50-47/h18,20,22,24,26,28,30-31,33-35,48H,11-17,19,21,23,25,27,29,32H2,1-10H3/t47-/m1/s1. The summed E-state index contributed by atoms with van der Waals surface area (Å²) in [5.74, 6) is 1.32. The molecule has 3 heteroatoms. The summed E-state index contributed by atoms with van der Waals surface area (Å²) in [6.45, 7) is 20.1. The van der Waals surface area contributed by atoms with Gasteiger partial charge in [0.15, 0.2) is 11.5 Å². The van der Waals surface area contributed by atoms with Gasteiger partial charge in [0.05, 0.1) is 7.11 Å². The molecule has 1 N–H and O–H groups in total. The van der Waals surface area contributed by atoms with Crippen LogP contribution < -0.4 is 9.47 Å². The lowest BCUT2D eigenvalue weighted by molar-refractivity contribution is 0.128. The van der Waals surface area contributed by atoms with Crippen LogP contribution in [0.4, 0.5) is 0 Å². The zero-order valence-electron chi connectivity index (χ0n) is 33.5. The van der Waals surface area contributed by atoms with Crippen LogP contribution in [0.5, 0.6) is 17.2 Å². The van der Waals surface area contributed by atoms with Crippen molar-refractivity contribution in [3.05, 3.63) is 105 Å². The van der Waals surface area contributed by atoms with Gasteiger partial charge < -0.3 is 14.6 Å². The number of methoxy groups -OCH3 is 1. The highest BCUT2D eigenvalue weighted by molar-refractivity contribution is 5.65. The summed E-state index contributed by atoms with van der Waals surface area (Å²) in [4.78, 5) is 0. The van der Waals surface area contributed by atoms with Gasteiger partial charge in [-0.1, -0.05) is 87.6 Å². The van der Waals surface area contributed by atoms with E-state index in [1.165, 1.54) is 58.3 Å². The molecule has 0 amide bonds. The Hall–Kier alpha value is -3.46. The second-order valence-electron chi connectivity index (χ2n) is 15.2. The number of aromatic hydroxyl groups is 1. The third-order valence-corrected chi connectivity index (χ3v) is 9.65. The zero-order chi connectivity index (χ0) is 36.9. The van der Waals surface area contributed by atoms with E-state index in [1.54, 1.807) is 19.2 Å². The smallest absolute Gasteiger partial charge is 0.164 e. The van der Waals surface area contributed by atoms with Gasteiger partial charge in [-0.15, -0.1) is 0 Å². The van der Waals surface area contributed by atoms with E-state index in [-0.39, 0.29) is 11.4 Å². The minimum Gasteiger partial charge on any atom is -0.504 e. The first kappa shape index (κ1) is 42.7. The van der Waals surface area contributed by atoms with Crippen LogP contribution >= 0.6 is 0 Å². The lowest BCUT2D eigenvalue weighted by Crippen LogP contribution is -2.31. The molecule has 1 heterocycles. The SMILES string of the molecule is COc1cc2c(cc1O)C=C[C@@](C)(CCC=C(C)CCC=C(C)CCC=C(C)CCC=C(C)CCC=C(C)CCC=C(C)CCC=C(C)C)O2. The van der Waals surface area contributed by atoms with Crippen molar-refractivity contribution in [2.45, 2.75) is 158 Å². The molecule has 50 heavy (non-hydrogen) atoms. The zero-order valence-corrected chi connectivity index (χ0v) is 33.5. The van der Waals surface area contributed by atoms with Crippen LogP contribution in [-0.4, -0.2) is 17.8 Å². The van der Waals surface area contributed by atoms with E-state index >= 15 is 0 Å². The Morgan fingerprint density at radius 1 is 0.600 bits per heavy atom. The maximum Gasteiger partial charge on any atom is 0.164 e. The molecule has 276 valence electrons. The second kappa shape index (κ2) is 23.1. The molecule has 1 aromatic rings. The molecule has 0 spiro atoms. The number of phenolic OH excluding ortho intramolecular Hbond substituents is 1. The highest BCUT2D eigenvalue weighted by Crippen LogP contribution is 2.40. The molecule has 3 nitrogen and oxygen atoms in total. The van der Waals surface area contributed by atoms with E-state index in [0.29, 0.717) is 5.75 Å². The fraction of sp³-hybridized carbons (Fsp3) is 0.532. The summed E-state index contributed by atoms with van der Waals surface area (Å²) in [6.07, 6.45) is 36.6. The molecule has 1 atom stereocenters. The van der Waals surface area contributed by atoms with Crippen molar-refractivity contribution in [2.24, 2.45) is 0 Å². The van der Waals surface area contributed by atoms with E-state index in [0.717, 1.165) is 81.9 Å². The van der Waals surface area contributed by atoms with Gasteiger partial charge >= 0.3 is 0 Å². The normalized spacial score (nSPS) is 17.5. The first-order chi connectivity index (χ1) is 23.8. The molecule has 0 saturated heterocycles. The Morgan fingerprint density at radius 2 is 0.980 bits per heavy atom. The molecule has 0 bridgehead atoms. The summed E-state index contributed by atoms with van der Waals surface area (Å²) in [5.41, 5.74) is 10.9. The number of allylic oxidation sites excluding steroid dienone is 14. The highest BCUT2D eigenvalue weighted by atomic mass is 16.5. The number of hydrogen-bond acceptors (Lipinski definition) is 3. The third-order valence-electron chi connectivity index (χ3n) is 9.65. The van der Waals surface area contributed by atoms with Crippen molar-refractivity contribution < 1.29 is 14.6 Å². The van der Waals surface area contributed by atoms with Gasteiger partial charge in [0.2, 0.25) is 0 Å². The van der Waals surface area contributed by atoms with E-state index in [1.807, 2.05) is 6.08 Å². The molecule has 0 aliphatic carbocycles. The van der Waals surface area contributed by atoms with Crippen LogP contribution in [0.3, 0.4) is 0 Å². The van der Waals surface area contributed by atoms with E-state index in [4.69, 9.17) is 9.47 Å². The van der Waals surface area contributed by atoms with Crippen LogP contribution in [0, 0.1) is 0 Å². The predicted octanol–water partition coefficient (Wildman–Crippen LogP) is 14.7. The van der Waals surface area contributed by atoms with Gasteiger partial charge in [-0.3, -0.25) is 0 Å². The number of ether oxygens (including phenoxy) is 2. The van der Waals surface area contributed by atoms with Crippen LogP contribution in [0.15, 0.2) is 99.8 Å². The quantitative estimate of drug-likeness (QED) is 0.124. The van der Waals surface area contributed by atoms with E-state index in [2.05, 4.69) is 111 Å². The van der Waals surface area contributed by atoms with Gasteiger partial charge in [-0.25, -0.2) is 0 Å². The molecular formula is C47H70O3. The summed E-state index contributed by atoms with van der Waals surface area (Å²) < 4.78 is 11.6. The Balaban J connectivity index is 1.61. The van der Waals surface area contributed by atoms with Gasteiger partial charge in [0, 0.05) is 11.6 Å². The lowest BCUT2D eigenvalue weighted by Gasteiger charge is -2.31. The van der Waals surface area contributed by atoms with Gasteiger partial charge in [0.25, 0.3) is 0 Å². The van der Waals surface area contributed by atoms with Crippen molar-refractivity contribution in [3.63, 3.8) is 0 Å². The topological polar surface area (TPSA) is 38.7 Å². The van der Waals surface area contributed by atoms with Crippen molar-refractivity contribution in [1.82, 2.24) is 0 Å². The minimum atomic E-state index is -0.373. The van der Waals surface area contributed by atoms with Gasteiger partial charge in [0.1, 0.15) is 11.4 Å². The fourth-order valence-electron chi connectivity index (χ4n) is 6.17. The van der Waals surface area contributed by atoms with Crippen LogP contribution in [-0.2, 0) is 0 Å². The van der Waals surface area contributed by atoms with Crippen molar-refractivity contribution in [3.8, 4) is 17.2 Å². The monoisotopic (exact) mass is 683 g/mol. The van der Waals surface area contributed by atoms with Gasteiger partial charge in [-0.2, -0.15) is 0 Å². The Bertz CT molecular complexity index is 1450. The van der Waals surface area contributed by atoms with Crippen LogP contribution in [0.2, 0.25) is 0 Å². The van der Waals surface area contributed by atoms with Crippen molar-refractivity contribution in [2.75, 3.05) is 7.11 Å². The van der Waals surface area contributed by atoms with Gasteiger partial charge in [-0.05, 0) is 164 Å². The van der Waals surface area contributed by atoms with E-state index in [9.17, 15) is 5.11 Å². The van der Waals surface area contributed by atoms with Crippen LogP contribution in [0.25, 0.3) is 6.08 Å². The molecule has 0 radical (unpaired) electrons. The molecular weight excluding hydrogens is 613 g/mol. The average Bonchev–Trinajstić information content (AvgIpc) is 3.04. The predicted molar refractivity (Wildman–Crippen MR) is 219 cm³/mol. The Morgan fingerprint density at radius 3 is 1.36 bits per heavy atom. The third kappa shape index (κ3) is 18.0. The summed E-state index contributed by atoms with van der Waals surface area (Å²) in [5, 5.41) is 10.1. The lowest BCUT2D eigenvalue weighted by atomic mass is 9.94. The average molecular weight is 683 g/mol. The van der Waals surface area contributed by atoms with Crippen LogP contribution in [0.1, 0.15) is 158 Å². The minimum absolute atomic E-state index is 0.132. The highest BCUT2D eigenvalue weighted by Gasteiger charge is 2.27. The van der Waals surface area contributed by atoms with Crippen molar-refractivity contribution in [1.29, 1.82) is 0 Å².